The summed E-state index contributed by atoms with van der Waals surface area (Å²) in [6.07, 6.45) is 0. The summed E-state index contributed by atoms with van der Waals surface area (Å²) < 4.78 is 8.06. The van der Waals surface area contributed by atoms with Gasteiger partial charge in [0.1, 0.15) is 0 Å². The van der Waals surface area contributed by atoms with Gasteiger partial charge in [-0.3, -0.25) is 0 Å². The van der Waals surface area contributed by atoms with Crippen molar-refractivity contribution < 1.29 is 4.43 Å². The Morgan fingerprint density at radius 1 is 0.880 bits per heavy atom. The maximum atomic E-state index is 6.97. The lowest BCUT2D eigenvalue weighted by Gasteiger charge is -2.43. The molecule has 0 amide bonds. The molecule has 0 N–H and O–H groups in total. The molecule has 0 aliphatic heterocycles. The largest absolute Gasteiger partial charge is 0.527 e. The van der Waals surface area contributed by atoms with Crippen molar-refractivity contribution in [2.45, 2.75) is 32.7 Å². The molecule has 4 heteroatoms. The van der Waals surface area contributed by atoms with Gasteiger partial charge >= 0.3 is 8.32 Å². The zero-order valence-electron chi connectivity index (χ0n) is 15.0. The van der Waals surface area contributed by atoms with Crippen LogP contribution in [0.3, 0.4) is 0 Å². The number of thiophene rings is 1. The van der Waals surface area contributed by atoms with Gasteiger partial charge in [0.15, 0.2) is 5.06 Å². The Labute approximate surface area is 163 Å². The molecule has 1 atom stereocenters. The number of halogens is 1. The van der Waals surface area contributed by atoms with Crippen LogP contribution in [0.4, 0.5) is 0 Å². The number of aryl methyl sites for hydroxylation is 1. The van der Waals surface area contributed by atoms with E-state index in [9.17, 15) is 0 Å². The van der Waals surface area contributed by atoms with Crippen molar-refractivity contribution in [1.82, 2.24) is 0 Å². The Morgan fingerprint density at radius 3 is 2.08 bits per heavy atom. The van der Waals surface area contributed by atoms with E-state index in [4.69, 9.17) is 4.43 Å². The fourth-order valence-electron chi connectivity index (χ4n) is 3.40. The SMILES string of the molecule is Cc1ccccc1[Si](Oc1ccc(Br)s1)(c1ccccc1)C(C)(C)C. The van der Waals surface area contributed by atoms with E-state index in [1.807, 2.05) is 0 Å². The Kier molecular flexibility index (Phi) is 5.23. The van der Waals surface area contributed by atoms with E-state index in [2.05, 4.69) is 110 Å². The van der Waals surface area contributed by atoms with Gasteiger partial charge in [0.05, 0.1) is 3.79 Å². The highest BCUT2D eigenvalue weighted by molar-refractivity contribution is 9.11. The molecule has 1 heterocycles. The topological polar surface area (TPSA) is 9.23 Å². The molecule has 1 aromatic heterocycles. The first-order valence-corrected chi connectivity index (χ1v) is 11.9. The summed E-state index contributed by atoms with van der Waals surface area (Å²) in [5.41, 5.74) is 1.29. The highest BCUT2D eigenvalue weighted by atomic mass is 79.9. The molecule has 0 spiro atoms. The van der Waals surface area contributed by atoms with Crippen LogP contribution in [0.15, 0.2) is 70.5 Å². The molecular weight excluding hydrogens is 408 g/mol. The number of rotatable bonds is 4. The molecule has 130 valence electrons. The Hall–Kier alpha value is -1.36. The second-order valence-electron chi connectivity index (χ2n) is 7.27. The fourth-order valence-corrected chi connectivity index (χ4v) is 9.54. The molecule has 1 nitrogen and oxygen atoms in total. The predicted molar refractivity (Wildman–Crippen MR) is 115 cm³/mol. The summed E-state index contributed by atoms with van der Waals surface area (Å²) in [7, 11) is -2.53. The normalized spacial score (nSPS) is 14.1. The van der Waals surface area contributed by atoms with Gasteiger partial charge in [-0.25, -0.2) is 0 Å². The quantitative estimate of drug-likeness (QED) is 0.478. The van der Waals surface area contributed by atoms with E-state index in [-0.39, 0.29) is 5.04 Å². The third kappa shape index (κ3) is 3.48. The Morgan fingerprint density at radius 2 is 1.52 bits per heavy atom. The van der Waals surface area contributed by atoms with Crippen LogP contribution >= 0.6 is 27.3 Å². The molecule has 0 aliphatic carbocycles. The second kappa shape index (κ2) is 7.10. The first kappa shape index (κ1) is 18.4. The highest BCUT2D eigenvalue weighted by Gasteiger charge is 2.53. The van der Waals surface area contributed by atoms with Crippen LogP contribution < -0.4 is 14.8 Å². The molecule has 0 bridgehead atoms. The number of hydrogen-bond donors (Lipinski definition) is 0. The number of hydrogen-bond acceptors (Lipinski definition) is 2. The van der Waals surface area contributed by atoms with Crippen molar-refractivity contribution in [3.05, 3.63) is 76.1 Å². The molecule has 0 fully saturated rings. The van der Waals surface area contributed by atoms with Crippen LogP contribution in [-0.4, -0.2) is 8.32 Å². The van der Waals surface area contributed by atoms with Crippen LogP contribution in [0.1, 0.15) is 26.3 Å². The summed E-state index contributed by atoms with van der Waals surface area (Å²) in [5.74, 6) is 0. The minimum absolute atomic E-state index is 0.0169. The van der Waals surface area contributed by atoms with Crippen molar-refractivity contribution in [1.29, 1.82) is 0 Å². The molecule has 2 aromatic carbocycles. The van der Waals surface area contributed by atoms with Gasteiger partial charge in [-0.15, -0.1) is 0 Å². The average molecular weight is 431 g/mol. The molecule has 0 saturated carbocycles. The third-order valence-corrected chi connectivity index (χ3v) is 11.3. The standard InChI is InChI=1S/C21H23BrOSSi/c1-16-10-8-9-13-18(16)25(21(2,3)4,17-11-6-5-7-12-17)23-20-15-14-19(22)24-20/h5-15H,1-4H3. The van der Waals surface area contributed by atoms with Gasteiger partial charge in [0.25, 0.3) is 0 Å². The lowest BCUT2D eigenvalue weighted by atomic mass is 10.2. The van der Waals surface area contributed by atoms with Crippen LogP contribution in [-0.2, 0) is 0 Å². The molecule has 0 aliphatic rings. The first-order chi connectivity index (χ1) is 11.8. The monoisotopic (exact) mass is 430 g/mol. The molecule has 0 radical (unpaired) electrons. The van der Waals surface area contributed by atoms with Gasteiger partial charge in [0.2, 0.25) is 0 Å². The maximum Gasteiger partial charge on any atom is 0.321 e. The van der Waals surface area contributed by atoms with Crippen molar-refractivity contribution in [3.63, 3.8) is 0 Å². The zero-order valence-corrected chi connectivity index (χ0v) is 18.4. The summed E-state index contributed by atoms with van der Waals surface area (Å²) in [6.45, 7) is 9.11. The highest BCUT2D eigenvalue weighted by Crippen LogP contribution is 2.40. The summed E-state index contributed by atoms with van der Waals surface area (Å²) in [5, 5.41) is 3.61. The fraction of sp³-hybridized carbons (Fsp3) is 0.238. The molecule has 0 saturated heterocycles. The van der Waals surface area contributed by atoms with Crippen LogP contribution in [0.5, 0.6) is 5.06 Å². The van der Waals surface area contributed by atoms with Crippen LogP contribution in [0, 0.1) is 6.92 Å². The molecule has 3 rings (SSSR count). The summed E-state index contributed by atoms with van der Waals surface area (Å²) >= 11 is 5.23. The lowest BCUT2D eigenvalue weighted by Crippen LogP contribution is -2.69. The van der Waals surface area contributed by atoms with Gasteiger partial charge < -0.3 is 4.43 Å². The van der Waals surface area contributed by atoms with E-state index in [1.54, 1.807) is 11.3 Å². The molecule has 25 heavy (non-hydrogen) atoms. The summed E-state index contributed by atoms with van der Waals surface area (Å²) in [4.78, 5) is 0. The summed E-state index contributed by atoms with van der Waals surface area (Å²) in [6, 6.07) is 23.6. The van der Waals surface area contributed by atoms with Crippen molar-refractivity contribution in [2.24, 2.45) is 0 Å². The van der Waals surface area contributed by atoms with Crippen molar-refractivity contribution in [2.75, 3.05) is 0 Å². The average Bonchev–Trinajstić information content (AvgIpc) is 2.98. The van der Waals surface area contributed by atoms with Gasteiger partial charge in [-0.1, -0.05) is 86.7 Å². The van der Waals surface area contributed by atoms with E-state index in [0.717, 1.165) is 8.85 Å². The molecule has 1 unspecified atom stereocenters. The van der Waals surface area contributed by atoms with E-state index in [0.29, 0.717) is 0 Å². The minimum atomic E-state index is -2.53. The minimum Gasteiger partial charge on any atom is -0.527 e. The Balaban J connectivity index is 2.30. The maximum absolute atomic E-state index is 6.97. The van der Waals surface area contributed by atoms with E-state index < -0.39 is 8.32 Å². The first-order valence-electron chi connectivity index (χ1n) is 8.40. The Bertz CT molecular complexity index is 854. The third-order valence-electron chi connectivity index (χ3n) is 4.56. The molecular formula is C21H23BrOSSi. The zero-order chi connectivity index (χ0) is 18.1. The van der Waals surface area contributed by atoms with E-state index >= 15 is 0 Å². The molecule has 3 aromatic rings. The smallest absolute Gasteiger partial charge is 0.321 e. The number of benzene rings is 2. The van der Waals surface area contributed by atoms with Crippen molar-refractivity contribution >= 4 is 46.0 Å². The van der Waals surface area contributed by atoms with Crippen LogP contribution in [0.25, 0.3) is 0 Å². The van der Waals surface area contributed by atoms with Crippen molar-refractivity contribution in [3.8, 4) is 5.06 Å². The van der Waals surface area contributed by atoms with Gasteiger partial charge in [0, 0.05) is 0 Å². The predicted octanol–water partition coefficient (Wildman–Crippen LogP) is 5.76. The lowest BCUT2D eigenvalue weighted by molar-refractivity contribution is 0.519. The van der Waals surface area contributed by atoms with Gasteiger partial charge in [-0.2, -0.15) is 0 Å². The van der Waals surface area contributed by atoms with Crippen LogP contribution in [0.2, 0.25) is 5.04 Å². The van der Waals surface area contributed by atoms with Gasteiger partial charge in [-0.05, 0) is 56.0 Å². The van der Waals surface area contributed by atoms with E-state index in [1.165, 1.54) is 15.9 Å². The second-order valence-corrected chi connectivity index (χ2v) is 13.9.